The minimum absolute atomic E-state index is 0.184. The molecule has 0 saturated carbocycles. The number of nitrogens with one attached hydrogen (secondary N) is 4. The van der Waals surface area contributed by atoms with Gasteiger partial charge in [-0.15, -0.1) is 0 Å². The van der Waals surface area contributed by atoms with Gasteiger partial charge in [0.2, 0.25) is 23.6 Å². The van der Waals surface area contributed by atoms with Gasteiger partial charge >= 0.3 is 5.97 Å². The van der Waals surface area contributed by atoms with E-state index < -0.39 is 53.8 Å². The summed E-state index contributed by atoms with van der Waals surface area (Å²) < 4.78 is 0. The van der Waals surface area contributed by atoms with Crippen molar-refractivity contribution < 1.29 is 29.1 Å². The smallest absolute Gasteiger partial charge is 0.326 e. The number of carboxylic acid groups (broad SMARTS) is 1. The molecule has 1 aromatic rings. The van der Waals surface area contributed by atoms with Gasteiger partial charge in [-0.25, -0.2) is 9.78 Å². The third-order valence-corrected chi connectivity index (χ3v) is 5.17. The second-order valence-electron chi connectivity index (χ2n) is 7.89. The van der Waals surface area contributed by atoms with Gasteiger partial charge < -0.3 is 37.5 Å². The molecule has 4 amide bonds. The monoisotopic (exact) mass is 467 g/mol. The molecule has 13 heteroatoms. The zero-order valence-electron chi connectivity index (χ0n) is 19.0. The largest absolute Gasteiger partial charge is 0.480 e. The van der Waals surface area contributed by atoms with Gasteiger partial charge in [-0.2, -0.15) is 0 Å². The number of primary amides is 1. The number of aliphatic carboxylic acids is 1. The number of carbonyl (C=O) groups excluding carboxylic acids is 4. The molecule has 0 spiro atoms. The van der Waals surface area contributed by atoms with Crippen LogP contribution in [0.2, 0.25) is 0 Å². The number of aromatic nitrogens is 2. The maximum Gasteiger partial charge on any atom is 0.326 e. The first-order valence-corrected chi connectivity index (χ1v) is 10.6. The predicted molar refractivity (Wildman–Crippen MR) is 117 cm³/mol. The Balaban J connectivity index is 2.75. The Labute approximate surface area is 191 Å². The number of amides is 4. The Hall–Kier alpha value is -3.48. The number of rotatable bonds is 14. The molecule has 0 radical (unpaired) electrons. The number of carboxylic acids is 1. The van der Waals surface area contributed by atoms with E-state index in [0.717, 1.165) is 0 Å². The molecule has 0 aromatic carbocycles. The van der Waals surface area contributed by atoms with Gasteiger partial charge in [-0.05, 0) is 19.3 Å². The first-order valence-electron chi connectivity index (χ1n) is 10.6. The van der Waals surface area contributed by atoms with Crippen LogP contribution in [0.3, 0.4) is 0 Å². The van der Waals surface area contributed by atoms with Gasteiger partial charge in [0.25, 0.3) is 0 Å². The minimum Gasteiger partial charge on any atom is -0.480 e. The molecule has 5 unspecified atom stereocenters. The third kappa shape index (κ3) is 9.27. The molecule has 1 aromatic heterocycles. The highest BCUT2D eigenvalue weighted by atomic mass is 16.4. The lowest BCUT2D eigenvalue weighted by Gasteiger charge is -2.26. The molecule has 13 nitrogen and oxygen atoms in total. The summed E-state index contributed by atoms with van der Waals surface area (Å²) in [6.45, 7) is 4.98. The van der Waals surface area contributed by atoms with Crippen LogP contribution in [0.1, 0.15) is 45.7 Å². The standard InChI is InChI=1S/C20H33N7O6/c1-4-10(2)16(27-18(30)13(21)7-12-8-23-9-24-12)19(31)25-11(3)17(29)26-14(20(32)33)5-6-15(22)28/h8-11,13-14,16H,4-7,21H2,1-3H3,(H2,22,28)(H,23,24)(H,25,31)(H,26,29)(H,27,30)(H,32,33). The second kappa shape index (κ2) is 13.2. The van der Waals surface area contributed by atoms with Crippen LogP contribution in [0.15, 0.2) is 12.5 Å². The molecule has 9 N–H and O–H groups in total. The van der Waals surface area contributed by atoms with E-state index in [1.165, 1.54) is 13.3 Å². The first-order chi connectivity index (χ1) is 15.5. The van der Waals surface area contributed by atoms with Crippen LogP contribution in [0.25, 0.3) is 0 Å². The van der Waals surface area contributed by atoms with Crippen molar-refractivity contribution in [3.8, 4) is 0 Å². The van der Waals surface area contributed by atoms with Crippen LogP contribution >= 0.6 is 0 Å². The fourth-order valence-electron chi connectivity index (χ4n) is 2.90. The highest BCUT2D eigenvalue weighted by Gasteiger charge is 2.31. The van der Waals surface area contributed by atoms with Gasteiger partial charge in [0.15, 0.2) is 0 Å². The Morgan fingerprint density at radius 2 is 1.76 bits per heavy atom. The van der Waals surface area contributed by atoms with Crippen LogP contribution in [0, 0.1) is 5.92 Å². The summed E-state index contributed by atoms with van der Waals surface area (Å²) in [6.07, 6.45) is 3.35. The molecular weight excluding hydrogens is 434 g/mol. The van der Waals surface area contributed by atoms with Crippen LogP contribution < -0.4 is 27.4 Å². The van der Waals surface area contributed by atoms with Crippen molar-refractivity contribution in [2.75, 3.05) is 0 Å². The number of hydrogen-bond donors (Lipinski definition) is 7. The van der Waals surface area contributed by atoms with E-state index in [-0.39, 0.29) is 25.2 Å². The second-order valence-corrected chi connectivity index (χ2v) is 7.89. The maximum atomic E-state index is 12.8. The third-order valence-electron chi connectivity index (χ3n) is 5.17. The maximum absolute atomic E-state index is 12.8. The van der Waals surface area contributed by atoms with Crippen molar-refractivity contribution in [1.29, 1.82) is 0 Å². The molecule has 0 saturated heterocycles. The zero-order valence-corrected chi connectivity index (χ0v) is 19.0. The minimum atomic E-state index is -1.34. The molecule has 1 rings (SSSR count). The van der Waals surface area contributed by atoms with Crippen molar-refractivity contribution in [2.45, 2.75) is 70.6 Å². The van der Waals surface area contributed by atoms with Gasteiger partial charge in [-0.1, -0.05) is 20.3 Å². The summed E-state index contributed by atoms with van der Waals surface area (Å²) in [7, 11) is 0. The Morgan fingerprint density at radius 1 is 1.09 bits per heavy atom. The number of nitrogens with two attached hydrogens (primary N) is 2. The summed E-state index contributed by atoms with van der Waals surface area (Å²) >= 11 is 0. The summed E-state index contributed by atoms with van der Waals surface area (Å²) in [5, 5.41) is 16.6. The highest BCUT2D eigenvalue weighted by Crippen LogP contribution is 2.09. The van der Waals surface area contributed by atoms with Crippen molar-refractivity contribution in [2.24, 2.45) is 17.4 Å². The van der Waals surface area contributed by atoms with Crippen molar-refractivity contribution in [3.05, 3.63) is 18.2 Å². The average molecular weight is 468 g/mol. The first kappa shape index (κ1) is 27.6. The molecule has 1 heterocycles. The molecule has 0 aliphatic rings. The van der Waals surface area contributed by atoms with E-state index in [0.29, 0.717) is 12.1 Å². The van der Waals surface area contributed by atoms with Crippen LogP contribution in [-0.2, 0) is 30.4 Å². The molecule has 0 aliphatic carbocycles. The van der Waals surface area contributed by atoms with Gasteiger partial charge in [0, 0.05) is 24.7 Å². The SMILES string of the molecule is CCC(C)C(NC(=O)C(N)Cc1cnc[nH]1)C(=O)NC(C)C(=O)NC(CCC(N)=O)C(=O)O. The predicted octanol–water partition coefficient (Wildman–Crippen LogP) is -1.85. The van der Waals surface area contributed by atoms with Crippen molar-refractivity contribution in [3.63, 3.8) is 0 Å². The molecular formula is C20H33N7O6. The van der Waals surface area contributed by atoms with E-state index in [2.05, 4.69) is 25.9 Å². The number of H-pyrrole nitrogens is 1. The quantitative estimate of drug-likeness (QED) is 0.164. The van der Waals surface area contributed by atoms with Gasteiger partial charge in [0.05, 0.1) is 12.4 Å². The number of nitrogens with zero attached hydrogens (tertiary/aromatic N) is 1. The number of carbonyl (C=O) groups is 5. The summed E-state index contributed by atoms with van der Waals surface area (Å²) in [6, 6.07) is -4.33. The normalized spacial score (nSPS) is 15.4. The highest BCUT2D eigenvalue weighted by molar-refractivity contribution is 5.94. The van der Waals surface area contributed by atoms with Crippen LogP contribution in [-0.4, -0.2) is 68.8 Å². The molecule has 5 atom stereocenters. The Bertz CT molecular complexity index is 829. The molecule has 184 valence electrons. The summed E-state index contributed by atoms with van der Waals surface area (Å²) in [5.41, 5.74) is 11.6. The molecule has 0 fully saturated rings. The Kier molecular flexibility index (Phi) is 11.0. The zero-order chi connectivity index (χ0) is 25.1. The van der Waals surface area contributed by atoms with Crippen molar-refractivity contribution >= 4 is 29.6 Å². The van der Waals surface area contributed by atoms with E-state index in [4.69, 9.17) is 11.5 Å². The molecule has 0 aliphatic heterocycles. The lowest BCUT2D eigenvalue weighted by atomic mass is 9.97. The fraction of sp³-hybridized carbons (Fsp3) is 0.600. The average Bonchev–Trinajstić information content (AvgIpc) is 3.26. The number of hydrogen-bond acceptors (Lipinski definition) is 7. The lowest BCUT2D eigenvalue weighted by molar-refractivity contribution is -0.142. The van der Waals surface area contributed by atoms with Crippen LogP contribution in [0.5, 0.6) is 0 Å². The van der Waals surface area contributed by atoms with Gasteiger partial charge in [-0.3, -0.25) is 19.2 Å². The van der Waals surface area contributed by atoms with Gasteiger partial charge in [0.1, 0.15) is 18.1 Å². The number of aromatic amines is 1. The van der Waals surface area contributed by atoms with Crippen molar-refractivity contribution in [1.82, 2.24) is 25.9 Å². The van der Waals surface area contributed by atoms with Crippen LogP contribution in [0.4, 0.5) is 0 Å². The lowest BCUT2D eigenvalue weighted by Crippen LogP contribution is -2.58. The molecule has 0 bridgehead atoms. The van der Waals surface area contributed by atoms with E-state index in [1.54, 1.807) is 13.1 Å². The van der Waals surface area contributed by atoms with E-state index in [1.807, 2.05) is 6.92 Å². The van der Waals surface area contributed by atoms with E-state index in [9.17, 15) is 29.1 Å². The Morgan fingerprint density at radius 3 is 2.27 bits per heavy atom. The summed E-state index contributed by atoms with van der Waals surface area (Å²) in [5.74, 6) is -4.22. The molecule has 33 heavy (non-hydrogen) atoms. The summed E-state index contributed by atoms with van der Waals surface area (Å²) in [4.78, 5) is 66.7. The topological polar surface area (TPSA) is 222 Å². The van der Waals surface area contributed by atoms with E-state index >= 15 is 0 Å². The number of imidazole rings is 1. The fourth-order valence-corrected chi connectivity index (χ4v) is 2.90.